The first-order chi connectivity index (χ1) is 65.0. The summed E-state index contributed by atoms with van der Waals surface area (Å²) >= 11 is 0. The first kappa shape index (κ1) is 121. The van der Waals surface area contributed by atoms with Crippen LogP contribution in [0.2, 0.25) is 0 Å². The average Bonchev–Trinajstić information content (AvgIpc) is 0.778. The summed E-state index contributed by atoms with van der Waals surface area (Å²) in [6, 6.07) is -3.64. The Balaban J connectivity index is 0.000000484. The van der Waals surface area contributed by atoms with Gasteiger partial charge in [-0.1, -0.05) is 173 Å². The molecule has 2 aliphatic carbocycles. The molecule has 6 fully saturated rings. The zero-order chi connectivity index (χ0) is 101. The summed E-state index contributed by atoms with van der Waals surface area (Å²) in [5, 5.41) is 57.6. The Morgan fingerprint density at radius 2 is 0.892 bits per heavy atom. The van der Waals surface area contributed by atoms with Crippen molar-refractivity contribution in [1.82, 2.24) is 15.1 Å². The number of aliphatic hydroxyl groups is 4. The second-order valence-electron chi connectivity index (χ2n) is 40.1. The Kier molecular flexibility index (Phi) is 50.5. The minimum atomic E-state index is -2.54. The van der Waals surface area contributed by atoms with Crippen molar-refractivity contribution in [3.05, 3.63) is 116 Å². The highest BCUT2D eigenvalue weighted by Crippen LogP contribution is 2.42. The number of azide groups is 2. The molecule has 0 radical (unpaired) electrons. The van der Waals surface area contributed by atoms with Gasteiger partial charge in [-0.3, -0.25) is 38.4 Å². The van der Waals surface area contributed by atoms with Crippen LogP contribution in [0.5, 0.6) is 0 Å². The van der Waals surface area contributed by atoms with Gasteiger partial charge in [0.1, 0.15) is 60.3 Å². The lowest BCUT2D eigenvalue weighted by Gasteiger charge is -2.43. The fraction of sp³-hybridized carbons (Fsp3) is 0.743. The maximum absolute atomic E-state index is 14.5. The Labute approximate surface area is 824 Å². The molecule has 30 atom stereocenters. The minimum Gasteiger partial charge on any atom is -0.460 e. The molecule has 6 heterocycles. The molecule has 0 spiro atoms. The van der Waals surface area contributed by atoms with E-state index in [0.717, 1.165) is 16.9 Å². The molecule has 0 aromatic heterocycles. The van der Waals surface area contributed by atoms with E-state index in [4.69, 9.17) is 58.4 Å². The number of hydrogen-bond acceptors (Lipinski definition) is 27. The molecular weight excluding hydrogens is 1790 g/mol. The number of methoxy groups -OCH3 is 6. The number of ether oxygens (including phenoxy) is 10. The number of hydrogen-bond donors (Lipinski definition) is 5. The van der Waals surface area contributed by atoms with Crippen LogP contribution >= 0.6 is 0 Å². The number of carbonyl (C=O) groups excluding carboxylic acids is 11. The van der Waals surface area contributed by atoms with Crippen molar-refractivity contribution < 1.29 is 121 Å². The van der Waals surface area contributed by atoms with E-state index in [1.807, 2.05) is 97.1 Å². The molecule has 34 heteroatoms. The molecule has 0 aromatic rings. The van der Waals surface area contributed by atoms with Gasteiger partial charge in [-0.2, -0.15) is 0 Å². The summed E-state index contributed by atoms with van der Waals surface area (Å²) in [6.45, 7) is 25.1. The Bertz CT molecular complexity index is 4450. The van der Waals surface area contributed by atoms with Gasteiger partial charge in [0.25, 0.3) is 23.4 Å². The molecule has 780 valence electrons. The van der Waals surface area contributed by atoms with Gasteiger partial charge in [0.05, 0.1) is 55.8 Å². The number of nitrogens with one attached hydrogen (secondary N) is 1. The van der Waals surface area contributed by atoms with Crippen molar-refractivity contribution in [2.24, 2.45) is 81.2 Å². The largest absolute Gasteiger partial charge is 0.460 e. The molecule has 1 unspecified atom stereocenters. The number of esters is 2. The molecule has 2 saturated carbocycles. The predicted octanol–water partition coefficient (Wildman–Crippen LogP) is 16.0. The maximum Gasteiger partial charge on any atom is 0.407 e. The van der Waals surface area contributed by atoms with E-state index in [-0.39, 0.29) is 143 Å². The number of fused-ring (bicyclic) bond motifs is 6. The minimum absolute atomic E-state index is 0. The zero-order valence-corrected chi connectivity index (χ0v) is 84.4. The Morgan fingerprint density at radius 1 is 0.496 bits per heavy atom. The molecular formula is C105H165N9O25. The Morgan fingerprint density at radius 3 is 1.27 bits per heavy atom. The van der Waals surface area contributed by atoms with Crippen LogP contribution in [-0.2, 0) is 95.3 Å². The lowest BCUT2D eigenvalue weighted by atomic mass is 9.78. The summed E-state index contributed by atoms with van der Waals surface area (Å²) in [5.41, 5.74) is 20.6. The topological polar surface area (TPSA) is 477 Å². The van der Waals surface area contributed by atoms with Gasteiger partial charge < -0.3 is 82.9 Å². The lowest BCUT2D eigenvalue weighted by molar-refractivity contribution is -0.265. The number of Topliss-reactive ketones (excluding diaryl/α,β-unsaturated/α-hetero) is 6. The van der Waals surface area contributed by atoms with Crippen LogP contribution in [0.15, 0.2) is 105 Å². The molecule has 139 heavy (non-hydrogen) atoms. The number of ketones is 6. The van der Waals surface area contributed by atoms with Crippen molar-refractivity contribution in [1.29, 1.82) is 0 Å². The van der Waals surface area contributed by atoms with Crippen LogP contribution in [0.3, 0.4) is 0 Å². The molecule has 4 saturated heterocycles. The fourth-order valence-electron chi connectivity index (χ4n) is 20.8. The second-order valence-corrected chi connectivity index (χ2v) is 40.1. The third-order valence-corrected chi connectivity index (χ3v) is 29.6. The van der Waals surface area contributed by atoms with Gasteiger partial charge in [0.15, 0.2) is 11.6 Å². The number of cyclic esters (lactones) is 2. The van der Waals surface area contributed by atoms with Crippen LogP contribution < -0.4 is 5.32 Å². The summed E-state index contributed by atoms with van der Waals surface area (Å²) in [5.74, 6) is -16.7. The fourth-order valence-corrected chi connectivity index (χ4v) is 20.8. The van der Waals surface area contributed by atoms with Gasteiger partial charge in [-0.05, 0) is 226 Å². The number of piperidine rings is 2. The summed E-state index contributed by atoms with van der Waals surface area (Å²) in [6.07, 6.45) is 21.9. The third kappa shape index (κ3) is 33.7. The number of allylic oxidation sites excluding steroid dienone is 12. The van der Waals surface area contributed by atoms with Crippen molar-refractivity contribution in [2.75, 3.05) is 55.7 Å². The molecule has 3 amide bonds. The highest BCUT2D eigenvalue weighted by atomic mass is 16.6. The SMILES string of the molecule is C.C.COC(=O)NC1C[C@@H]2CC[C@@H](C)[C@@](O)(O2)C(=O)C(=O)N2CCCC[C@H]2C(=O)O[C@H]([C@H](C)C[C@@H]2CC[C@H](N=[N+]=[N-])[C@H](OC)C2)CC(=O)[C@H](C)/C=C(\C)[C@@H](O)[C@@H](OC)C(=O)[C@H](C)C[C@H](C)/C=C/C=C/C=C/1C.CO[C@H]1C[C@@H]2CC[C@@H](C)[C@@](O)(O2)C(=O)C(=O)N2CCCC[C@H]2C(=O)O[C@H]([C@H](C)C[C@@H]2CC[C@H](N=[N+]=[N-])[C@H](OC)C2)CC(=O)[C@H](C)/C=C(\C)[C@@H](O)[C@@H](OC)C(=O)[C@H](C)C[C@H](C)/C=C/C=C/C=C/1C. The number of carbonyl (C=O) groups is 11. The average molecular weight is 1950 g/mol. The molecule has 5 N–H and O–H groups in total. The predicted molar refractivity (Wildman–Crippen MR) is 526 cm³/mol. The number of rotatable bonds is 14. The quantitative estimate of drug-likeness (QED) is 0.0205. The van der Waals surface area contributed by atoms with Crippen molar-refractivity contribution in [3.8, 4) is 0 Å². The normalized spacial score (nSPS) is 38.1. The molecule has 6 aliphatic heterocycles. The molecule has 8 rings (SSSR count). The monoisotopic (exact) mass is 1950 g/mol. The van der Waals surface area contributed by atoms with E-state index in [1.165, 1.54) is 26.2 Å². The molecule has 4 bridgehead atoms. The van der Waals surface area contributed by atoms with Crippen LogP contribution in [0.25, 0.3) is 20.9 Å². The summed E-state index contributed by atoms with van der Waals surface area (Å²) in [7, 11) is 8.69. The van der Waals surface area contributed by atoms with E-state index in [0.29, 0.717) is 132 Å². The van der Waals surface area contributed by atoms with Gasteiger partial charge in [0.2, 0.25) is 11.6 Å². The first-order valence-electron chi connectivity index (χ1n) is 49.4. The second kappa shape index (κ2) is 58.1. The zero-order valence-electron chi connectivity index (χ0n) is 84.4. The standard InChI is InChI=1S/C52H79N5O13.C51H78N4O12.2CH4/c1-30-16-12-11-13-17-31(2)40(54-51(64)68-10)28-38-21-19-36(7)52(65,70-38)48(61)49(62)57-23-15-14-18-41(57)50(63)69-43(33(4)26-37-20-22-39(55-56-53)44(27-37)66-8)29-42(58)32(3)25-35(6)46(60)47(67-9)45(59)34(5)24-30;1-30-16-12-11-13-17-31(2)42(63-8)28-38-21-19-36(7)51(62,67-38)48(59)49(60)55-23-15-14-18-40(55)50(61)66-43(33(4)26-37-20-22-39(53-54-52)44(27-37)64-9)29-41(56)32(3)25-35(6)46(58)47(65-10)45(57)34(5)24-30;;/h11-13,16-17,25,30,32-34,36-41,43-44,46-47,60,65H,14-15,18-24,26-29H2,1-10H3,(H,54,64);11-13,16-17,25,30,32-34,36-40,42-44,46-47,58,62H,14-15,18-24,26-29H2,1-10H3;2*1H4/b2*13-11+,16-12+,31-17+,35-25+;;/t30-,32-,33-,34-,36-,37+,38+,39+,40?,41+,43+,44-,46-,47+,52-;30-,32-,33-,34-,36-,37+,38+,39+,40+,42+,43+,44-,46-,47+,51-;;/m11../s1. The van der Waals surface area contributed by atoms with E-state index < -0.39 is 162 Å². The van der Waals surface area contributed by atoms with E-state index in [1.54, 1.807) is 94.1 Å². The van der Waals surface area contributed by atoms with Crippen LogP contribution in [-0.4, -0.2) is 259 Å². The highest BCUT2D eigenvalue weighted by molar-refractivity contribution is 6.39. The van der Waals surface area contributed by atoms with Crippen molar-refractivity contribution >= 4 is 64.5 Å². The van der Waals surface area contributed by atoms with Gasteiger partial charge >= 0.3 is 18.0 Å². The lowest BCUT2D eigenvalue weighted by Crippen LogP contribution is -2.61. The number of nitrogens with zero attached hydrogens (tertiary/aromatic N) is 8. The van der Waals surface area contributed by atoms with Gasteiger partial charge in [-0.25, -0.2) is 14.4 Å². The Hall–Kier alpha value is -8.73. The third-order valence-electron chi connectivity index (χ3n) is 29.6. The summed E-state index contributed by atoms with van der Waals surface area (Å²) in [4.78, 5) is 163. The number of alkyl carbamates (subject to hydrolysis) is 1. The molecule has 8 aliphatic rings. The van der Waals surface area contributed by atoms with E-state index >= 15 is 0 Å². The smallest absolute Gasteiger partial charge is 0.407 e. The number of amides is 3. The maximum atomic E-state index is 14.5. The van der Waals surface area contributed by atoms with Crippen LogP contribution in [0, 0.1) is 71.0 Å². The van der Waals surface area contributed by atoms with Crippen LogP contribution in [0.1, 0.15) is 266 Å². The van der Waals surface area contributed by atoms with E-state index in [2.05, 4.69) is 25.4 Å². The van der Waals surface area contributed by atoms with Gasteiger partial charge in [-0.15, -0.1) is 0 Å². The molecule has 34 nitrogen and oxygen atoms in total. The first-order valence-corrected chi connectivity index (χ1v) is 49.4. The van der Waals surface area contributed by atoms with Gasteiger partial charge in [0, 0.05) is 113 Å². The van der Waals surface area contributed by atoms with Crippen molar-refractivity contribution in [2.45, 2.75) is 375 Å². The van der Waals surface area contributed by atoms with Crippen LogP contribution in [0.4, 0.5) is 4.79 Å². The summed E-state index contributed by atoms with van der Waals surface area (Å²) < 4.78 is 58.1. The van der Waals surface area contributed by atoms with E-state index in [9.17, 15) is 73.2 Å². The number of aliphatic hydroxyl groups excluding tert-OH is 2. The van der Waals surface area contributed by atoms with Crippen molar-refractivity contribution in [3.63, 3.8) is 0 Å². The molecule has 0 aromatic carbocycles. The highest BCUT2D eigenvalue weighted by Gasteiger charge is 2.56.